The first-order valence-corrected chi connectivity index (χ1v) is 5.71. The smallest absolute Gasteiger partial charge is 0.239 e. The van der Waals surface area contributed by atoms with E-state index in [1.165, 1.54) is 6.42 Å². The molecule has 3 nitrogen and oxygen atoms in total. The van der Waals surface area contributed by atoms with Crippen LogP contribution in [0.1, 0.15) is 39.5 Å². The summed E-state index contributed by atoms with van der Waals surface area (Å²) >= 11 is 0. The number of rotatable bonds is 3. The van der Waals surface area contributed by atoms with Gasteiger partial charge in [-0.15, -0.1) is 0 Å². The number of carbonyl (C=O) groups excluding carboxylic acids is 1. The summed E-state index contributed by atoms with van der Waals surface area (Å²) in [5, 5.41) is 0. The van der Waals surface area contributed by atoms with Crippen molar-refractivity contribution < 1.29 is 4.79 Å². The third-order valence-corrected chi connectivity index (χ3v) is 3.21. The fraction of sp³-hybridized carbons (Fsp3) is 0.909. The van der Waals surface area contributed by atoms with Gasteiger partial charge in [0.2, 0.25) is 5.91 Å². The Kier molecular flexibility index (Phi) is 4.39. The second kappa shape index (κ2) is 5.35. The number of amides is 1. The molecule has 1 fully saturated rings. The Hall–Kier alpha value is -0.570. The van der Waals surface area contributed by atoms with Gasteiger partial charge in [-0.1, -0.05) is 20.3 Å². The third kappa shape index (κ3) is 2.71. The number of likely N-dealkylation sites (tertiary alicyclic amines) is 1. The Morgan fingerprint density at radius 3 is 2.43 bits per heavy atom. The van der Waals surface area contributed by atoms with Gasteiger partial charge in [-0.25, -0.2) is 0 Å². The first-order chi connectivity index (χ1) is 6.66. The van der Waals surface area contributed by atoms with E-state index in [0.717, 1.165) is 32.4 Å². The van der Waals surface area contributed by atoms with Crippen molar-refractivity contribution in [1.29, 1.82) is 0 Å². The first kappa shape index (κ1) is 11.5. The molecule has 3 heteroatoms. The Balaban J connectivity index is 2.46. The van der Waals surface area contributed by atoms with Crippen LogP contribution in [0.4, 0.5) is 0 Å². The highest BCUT2D eigenvalue weighted by atomic mass is 16.2. The highest BCUT2D eigenvalue weighted by molar-refractivity contribution is 5.82. The van der Waals surface area contributed by atoms with E-state index in [2.05, 4.69) is 6.92 Å². The molecule has 82 valence electrons. The van der Waals surface area contributed by atoms with Gasteiger partial charge in [0, 0.05) is 13.1 Å². The molecule has 0 aromatic rings. The molecule has 0 unspecified atom stereocenters. The lowest BCUT2D eigenvalue weighted by Gasteiger charge is -2.30. The summed E-state index contributed by atoms with van der Waals surface area (Å²) < 4.78 is 0. The zero-order valence-corrected chi connectivity index (χ0v) is 9.33. The van der Waals surface area contributed by atoms with Crippen LogP contribution >= 0.6 is 0 Å². The summed E-state index contributed by atoms with van der Waals surface area (Å²) in [4.78, 5) is 13.8. The SMILES string of the molecule is CC[C@H](C)[C@H](N)C(=O)N1CCCCC1. The van der Waals surface area contributed by atoms with Gasteiger partial charge in [-0.2, -0.15) is 0 Å². The van der Waals surface area contributed by atoms with Crippen LogP contribution < -0.4 is 5.73 Å². The van der Waals surface area contributed by atoms with Gasteiger partial charge in [0.15, 0.2) is 0 Å². The van der Waals surface area contributed by atoms with Crippen LogP contribution in [0, 0.1) is 5.92 Å². The quantitative estimate of drug-likeness (QED) is 0.744. The predicted molar refractivity (Wildman–Crippen MR) is 57.9 cm³/mol. The molecule has 14 heavy (non-hydrogen) atoms. The van der Waals surface area contributed by atoms with E-state index >= 15 is 0 Å². The number of hydrogen-bond acceptors (Lipinski definition) is 2. The highest BCUT2D eigenvalue weighted by Gasteiger charge is 2.25. The second-order valence-electron chi connectivity index (χ2n) is 4.30. The molecular weight excluding hydrogens is 176 g/mol. The summed E-state index contributed by atoms with van der Waals surface area (Å²) in [7, 11) is 0. The van der Waals surface area contributed by atoms with Gasteiger partial charge in [-0.05, 0) is 25.2 Å². The zero-order chi connectivity index (χ0) is 10.6. The maximum Gasteiger partial charge on any atom is 0.239 e. The van der Waals surface area contributed by atoms with E-state index in [0.29, 0.717) is 5.92 Å². The number of nitrogens with two attached hydrogens (primary N) is 1. The van der Waals surface area contributed by atoms with Gasteiger partial charge in [0.25, 0.3) is 0 Å². The van der Waals surface area contributed by atoms with Crippen LogP contribution in [0.25, 0.3) is 0 Å². The van der Waals surface area contributed by atoms with Crippen LogP contribution in [-0.2, 0) is 4.79 Å². The fourth-order valence-electron chi connectivity index (χ4n) is 1.82. The van der Waals surface area contributed by atoms with Crippen molar-refractivity contribution in [2.45, 2.75) is 45.6 Å². The standard InChI is InChI=1S/C11H22N2O/c1-3-9(2)10(12)11(14)13-7-5-4-6-8-13/h9-10H,3-8,12H2,1-2H3/t9-,10-/m0/s1. The average molecular weight is 198 g/mol. The van der Waals surface area contributed by atoms with Crippen LogP contribution in [0.15, 0.2) is 0 Å². The third-order valence-electron chi connectivity index (χ3n) is 3.21. The minimum absolute atomic E-state index is 0.152. The fourth-order valence-corrected chi connectivity index (χ4v) is 1.82. The molecule has 1 aliphatic heterocycles. The predicted octanol–water partition coefficient (Wildman–Crippen LogP) is 1.37. The van der Waals surface area contributed by atoms with Crippen LogP contribution in [0.2, 0.25) is 0 Å². The van der Waals surface area contributed by atoms with E-state index in [-0.39, 0.29) is 11.9 Å². The van der Waals surface area contributed by atoms with Crippen molar-refractivity contribution in [3.8, 4) is 0 Å². The molecule has 0 radical (unpaired) electrons. The zero-order valence-electron chi connectivity index (χ0n) is 9.33. The van der Waals surface area contributed by atoms with E-state index in [1.807, 2.05) is 11.8 Å². The summed E-state index contributed by atoms with van der Waals surface area (Å²) in [5.74, 6) is 0.448. The van der Waals surface area contributed by atoms with Crippen LogP contribution in [-0.4, -0.2) is 29.9 Å². The van der Waals surface area contributed by atoms with Crippen molar-refractivity contribution in [1.82, 2.24) is 4.90 Å². The van der Waals surface area contributed by atoms with Crippen molar-refractivity contribution in [3.63, 3.8) is 0 Å². The maximum atomic E-state index is 11.9. The summed E-state index contributed by atoms with van der Waals surface area (Å²) in [6, 6.07) is -0.293. The molecule has 0 aromatic carbocycles. The molecule has 1 rings (SSSR count). The normalized spacial score (nSPS) is 21.8. The maximum absolute atomic E-state index is 11.9. The molecular formula is C11H22N2O. The summed E-state index contributed by atoms with van der Waals surface area (Å²) in [5.41, 5.74) is 5.91. The van der Waals surface area contributed by atoms with Gasteiger partial charge in [-0.3, -0.25) is 4.79 Å². The van der Waals surface area contributed by atoms with Crippen molar-refractivity contribution in [2.75, 3.05) is 13.1 Å². The molecule has 0 spiro atoms. The lowest BCUT2D eigenvalue weighted by atomic mass is 9.98. The average Bonchev–Trinajstić information content (AvgIpc) is 2.27. The topological polar surface area (TPSA) is 46.3 Å². The van der Waals surface area contributed by atoms with E-state index in [1.54, 1.807) is 0 Å². The highest BCUT2D eigenvalue weighted by Crippen LogP contribution is 2.13. The molecule has 0 bridgehead atoms. The molecule has 0 aliphatic carbocycles. The molecule has 1 saturated heterocycles. The molecule has 0 saturated carbocycles. The van der Waals surface area contributed by atoms with Crippen molar-refractivity contribution in [3.05, 3.63) is 0 Å². The number of carbonyl (C=O) groups is 1. The Labute approximate surface area is 86.6 Å². The molecule has 1 amide bonds. The Bertz CT molecular complexity index is 184. The lowest BCUT2D eigenvalue weighted by Crippen LogP contribution is -2.48. The Morgan fingerprint density at radius 1 is 1.36 bits per heavy atom. The minimum atomic E-state index is -0.293. The van der Waals surface area contributed by atoms with Crippen molar-refractivity contribution >= 4 is 5.91 Å². The molecule has 2 atom stereocenters. The Morgan fingerprint density at radius 2 is 1.93 bits per heavy atom. The first-order valence-electron chi connectivity index (χ1n) is 5.71. The second-order valence-corrected chi connectivity index (χ2v) is 4.30. The van der Waals surface area contributed by atoms with E-state index in [4.69, 9.17) is 5.73 Å². The summed E-state index contributed by atoms with van der Waals surface area (Å²) in [6.07, 6.45) is 4.50. The molecule has 0 aromatic heterocycles. The van der Waals surface area contributed by atoms with E-state index < -0.39 is 0 Å². The largest absolute Gasteiger partial charge is 0.341 e. The van der Waals surface area contributed by atoms with E-state index in [9.17, 15) is 4.79 Å². The molecule has 2 N–H and O–H groups in total. The molecule has 1 aliphatic rings. The van der Waals surface area contributed by atoms with Crippen LogP contribution in [0.5, 0.6) is 0 Å². The van der Waals surface area contributed by atoms with Crippen molar-refractivity contribution in [2.24, 2.45) is 11.7 Å². The number of piperidine rings is 1. The van der Waals surface area contributed by atoms with Gasteiger partial charge >= 0.3 is 0 Å². The van der Waals surface area contributed by atoms with Gasteiger partial charge in [0.1, 0.15) is 0 Å². The number of nitrogens with zero attached hydrogens (tertiary/aromatic N) is 1. The minimum Gasteiger partial charge on any atom is -0.341 e. The van der Waals surface area contributed by atoms with Gasteiger partial charge < -0.3 is 10.6 Å². The monoisotopic (exact) mass is 198 g/mol. The number of hydrogen-bond donors (Lipinski definition) is 1. The van der Waals surface area contributed by atoms with Gasteiger partial charge in [0.05, 0.1) is 6.04 Å². The lowest BCUT2D eigenvalue weighted by molar-refractivity contribution is -0.134. The van der Waals surface area contributed by atoms with Crippen LogP contribution in [0.3, 0.4) is 0 Å². The molecule has 1 heterocycles. The summed E-state index contributed by atoms with van der Waals surface area (Å²) in [6.45, 7) is 5.94.